The highest BCUT2D eigenvalue weighted by atomic mass is 35.5. The lowest BCUT2D eigenvalue weighted by molar-refractivity contribution is -0.146. The molecule has 3 nitrogen and oxygen atoms in total. The molecule has 1 N–H and O–H groups in total. The Morgan fingerprint density at radius 2 is 2.00 bits per heavy atom. The molecule has 2 heterocycles. The van der Waals surface area contributed by atoms with Gasteiger partial charge in [0.25, 0.3) is 0 Å². The van der Waals surface area contributed by atoms with Crippen molar-refractivity contribution in [2.45, 2.75) is 37.3 Å². The van der Waals surface area contributed by atoms with E-state index in [0.717, 1.165) is 24.8 Å². The first-order valence-corrected chi connectivity index (χ1v) is 7.16. The van der Waals surface area contributed by atoms with E-state index in [4.69, 9.17) is 11.6 Å². The van der Waals surface area contributed by atoms with E-state index < -0.39 is 5.97 Å². The molecule has 19 heavy (non-hydrogen) atoms. The van der Waals surface area contributed by atoms with Gasteiger partial charge in [-0.2, -0.15) is 0 Å². The van der Waals surface area contributed by atoms with Crippen molar-refractivity contribution in [2.75, 3.05) is 7.05 Å². The van der Waals surface area contributed by atoms with Crippen LogP contribution in [0.3, 0.4) is 0 Å². The minimum Gasteiger partial charge on any atom is -0.481 e. The summed E-state index contributed by atoms with van der Waals surface area (Å²) in [4.78, 5) is 14.0. The van der Waals surface area contributed by atoms with Crippen LogP contribution in [0.15, 0.2) is 24.3 Å². The molecule has 0 aromatic heterocycles. The highest BCUT2D eigenvalue weighted by Gasteiger charge is 2.49. The zero-order valence-electron chi connectivity index (χ0n) is 10.9. The summed E-state index contributed by atoms with van der Waals surface area (Å²) in [6.45, 7) is 0. The molecule has 2 bridgehead atoms. The summed E-state index contributed by atoms with van der Waals surface area (Å²) in [5.74, 6) is -0.856. The van der Waals surface area contributed by atoms with Gasteiger partial charge in [-0.15, -0.1) is 0 Å². The van der Waals surface area contributed by atoms with Gasteiger partial charge < -0.3 is 5.11 Å². The van der Waals surface area contributed by atoms with Crippen LogP contribution in [-0.2, 0) is 4.79 Å². The van der Waals surface area contributed by atoms with Gasteiger partial charge in [0.2, 0.25) is 0 Å². The quantitative estimate of drug-likeness (QED) is 0.905. The number of aliphatic carboxylic acids is 1. The van der Waals surface area contributed by atoms with Crippen LogP contribution >= 0.6 is 11.6 Å². The van der Waals surface area contributed by atoms with Crippen molar-refractivity contribution < 1.29 is 9.90 Å². The molecule has 102 valence electrons. The van der Waals surface area contributed by atoms with Gasteiger partial charge >= 0.3 is 5.97 Å². The first kappa shape index (κ1) is 12.9. The van der Waals surface area contributed by atoms with Gasteiger partial charge in [-0.3, -0.25) is 9.69 Å². The topological polar surface area (TPSA) is 40.5 Å². The SMILES string of the molecule is CN1[C@H]2CC[C@H]1[C@@H](C(=O)O)[C@H](c1ccc(Cl)cc1)C2. The predicted molar refractivity (Wildman–Crippen MR) is 74.5 cm³/mol. The number of hydrogen-bond acceptors (Lipinski definition) is 2. The molecular weight excluding hydrogens is 262 g/mol. The Labute approximate surface area is 118 Å². The Balaban J connectivity index is 1.95. The number of halogens is 1. The normalized spacial score (nSPS) is 34.4. The first-order chi connectivity index (χ1) is 9.08. The summed E-state index contributed by atoms with van der Waals surface area (Å²) in [5, 5.41) is 10.3. The number of carboxylic acids is 1. The number of carbonyl (C=O) groups is 1. The molecule has 0 radical (unpaired) electrons. The van der Waals surface area contributed by atoms with Crippen molar-refractivity contribution in [1.82, 2.24) is 4.90 Å². The third kappa shape index (κ3) is 2.15. The molecule has 0 spiro atoms. The summed E-state index contributed by atoms with van der Waals surface area (Å²) < 4.78 is 0. The van der Waals surface area contributed by atoms with Gasteiger partial charge in [0.05, 0.1) is 5.92 Å². The van der Waals surface area contributed by atoms with Crippen molar-refractivity contribution in [3.8, 4) is 0 Å². The van der Waals surface area contributed by atoms with Crippen LogP contribution < -0.4 is 0 Å². The van der Waals surface area contributed by atoms with Crippen molar-refractivity contribution in [1.29, 1.82) is 0 Å². The van der Waals surface area contributed by atoms with Gasteiger partial charge in [0.1, 0.15) is 0 Å². The number of fused-ring (bicyclic) bond motifs is 2. The summed E-state index contributed by atoms with van der Waals surface area (Å²) in [6.07, 6.45) is 3.06. The molecule has 2 saturated heterocycles. The smallest absolute Gasteiger partial charge is 0.308 e. The lowest BCUT2D eigenvalue weighted by atomic mass is 9.76. The molecule has 0 unspecified atom stereocenters. The largest absolute Gasteiger partial charge is 0.481 e. The third-order valence-electron chi connectivity index (χ3n) is 4.85. The van der Waals surface area contributed by atoms with Crippen LogP contribution in [0.4, 0.5) is 0 Å². The average molecular weight is 280 g/mol. The van der Waals surface area contributed by atoms with Gasteiger partial charge in [0.15, 0.2) is 0 Å². The van der Waals surface area contributed by atoms with E-state index in [9.17, 15) is 9.90 Å². The summed E-state index contributed by atoms with van der Waals surface area (Å²) >= 11 is 5.92. The number of benzene rings is 1. The summed E-state index contributed by atoms with van der Waals surface area (Å²) in [5.41, 5.74) is 1.11. The van der Waals surface area contributed by atoms with Crippen LogP contribution in [0.25, 0.3) is 0 Å². The van der Waals surface area contributed by atoms with Crippen LogP contribution in [0, 0.1) is 5.92 Å². The molecule has 0 saturated carbocycles. The Kier molecular flexibility index (Phi) is 3.27. The van der Waals surface area contributed by atoms with Crippen molar-refractivity contribution in [2.24, 2.45) is 5.92 Å². The number of hydrogen-bond donors (Lipinski definition) is 1. The third-order valence-corrected chi connectivity index (χ3v) is 5.10. The monoisotopic (exact) mass is 279 g/mol. The minimum absolute atomic E-state index is 0.114. The van der Waals surface area contributed by atoms with Gasteiger partial charge in [-0.05, 0) is 44.0 Å². The lowest BCUT2D eigenvalue weighted by Gasteiger charge is -2.41. The van der Waals surface area contributed by atoms with Crippen molar-refractivity contribution in [3.63, 3.8) is 0 Å². The Morgan fingerprint density at radius 1 is 1.32 bits per heavy atom. The van der Waals surface area contributed by atoms with E-state index in [-0.39, 0.29) is 17.9 Å². The standard InChI is InChI=1S/C15H18ClNO2/c1-17-11-6-7-13(17)14(15(18)19)12(8-11)9-2-4-10(16)5-3-9/h2-5,11-14H,6-8H2,1H3,(H,18,19)/t11-,12-,13-,14-/m0/s1. The minimum atomic E-state index is -0.669. The Bertz CT molecular complexity index is 487. The molecule has 4 heteroatoms. The molecule has 0 amide bonds. The highest BCUT2D eigenvalue weighted by molar-refractivity contribution is 6.30. The summed E-state index contributed by atoms with van der Waals surface area (Å²) in [7, 11) is 2.07. The van der Waals surface area contributed by atoms with Crippen LogP contribution in [0.5, 0.6) is 0 Å². The fraction of sp³-hybridized carbons (Fsp3) is 0.533. The molecule has 1 aromatic carbocycles. The van der Waals surface area contributed by atoms with Crippen LogP contribution in [0.1, 0.15) is 30.7 Å². The second-order valence-electron chi connectivity index (χ2n) is 5.72. The highest BCUT2D eigenvalue weighted by Crippen LogP contribution is 2.46. The van der Waals surface area contributed by atoms with E-state index in [1.807, 2.05) is 24.3 Å². The fourth-order valence-electron chi connectivity index (χ4n) is 3.86. The van der Waals surface area contributed by atoms with Gasteiger partial charge in [0, 0.05) is 23.0 Å². The van der Waals surface area contributed by atoms with E-state index in [1.54, 1.807) is 0 Å². The van der Waals surface area contributed by atoms with Crippen molar-refractivity contribution >= 4 is 17.6 Å². The molecule has 2 aliphatic heterocycles. The molecule has 4 atom stereocenters. The second kappa shape index (κ2) is 4.80. The molecule has 3 rings (SSSR count). The zero-order chi connectivity index (χ0) is 13.6. The maximum absolute atomic E-state index is 11.7. The average Bonchev–Trinajstić information content (AvgIpc) is 2.63. The second-order valence-corrected chi connectivity index (χ2v) is 6.16. The van der Waals surface area contributed by atoms with Crippen LogP contribution in [0.2, 0.25) is 5.02 Å². The van der Waals surface area contributed by atoms with E-state index in [1.165, 1.54) is 0 Å². The number of rotatable bonds is 2. The van der Waals surface area contributed by atoms with Crippen molar-refractivity contribution in [3.05, 3.63) is 34.9 Å². The molecule has 2 fully saturated rings. The maximum atomic E-state index is 11.7. The zero-order valence-corrected chi connectivity index (χ0v) is 11.7. The number of nitrogens with zero attached hydrogens (tertiary/aromatic N) is 1. The van der Waals surface area contributed by atoms with E-state index in [2.05, 4.69) is 11.9 Å². The molecule has 0 aliphatic carbocycles. The summed E-state index contributed by atoms with van der Waals surface area (Å²) in [6, 6.07) is 8.38. The predicted octanol–water partition coefficient (Wildman–Crippen LogP) is 2.99. The molecule has 1 aromatic rings. The lowest BCUT2D eigenvalue weighted by Crippen LogP contribution is -2.48. The van der Waals surface area contributed by atoms with Gasteiger partial charge in [-0.1, -0.05) is 23.7 Å². The number of carboxylic acid groups (broad SMARTS) is 1. The van der Waals surface area contributed by atoms with Crippen LogP contribution in [-0.4, -0.2) is 35.1 Å². The maximum Gasteiger partial charge on any atom is 0.308 e. The Hall–Kier alpha value is -1.06. The van der Waals surface area contributed by atoms with E-state index in [0.29, 0.717) is 11.1 Å². The number of piperidine rings is 1. The molecule has 2 aliphatic rings. The van der Waals surface area contributed by atoms with Gasteiger partial charge in [-0.25, -0.2) is 0 Å². The first-order valence-electron chi connectivity index (χ1n) is 6.78. The molecular formula is C15H18ClNO2. The fourth-order valence-corrected chi connectivity index (χ4v) is 3.98. The Morgan fingerprint density at radius 3 is 2.63 bits per heavy atom. The van der Waals surface area contributed by atoms with E-state index >= 15 is 0 Å².